The second-order valence-corrected chi connectivity index (χ2v) is 8.57. The van der Waals surface area contributed by atoms with E-state index in [1.165, 1.54) is 4.31 Å². The number of hydrogen-bond acceptors (Lipinski definition) is 4. The predicted molar refractivity (Wildman–Crippen MR) is 102 cm³/mol. The summed E-state index contributed by atoms with van der Waals surface area (Å²) >= 11 is 0. The van der Waals surface area contributed by atoms with Gasteiger partial charge in [-0.25, -0.2) is 8.42 Å². The molecule has 6 nitrogen and oxygen atoms in total. The standard InChI is InChI=1S/C19H25N3O3S/c1-2-5-18(20)19(23)21-10-12-22(13-11-21)26(24,25)17-9-8-15-6-3-4-7-16(15)14-17/h3-4,6-9,14,18H,2,5,10-13,20H2,1H3. The van der Waals surface area contributed by atoms with Gasteiger partial charge in [0.15, 0.2) is 0 Å². The topological polar surface area (TPSA) is 83.7 Å². The Balaban J connectivity index is 1.72. The van der Waals surface area contributed by atoms with Gasteiger partial charge in [-0.1, -0.05) is 43.7 Å². The molecule has 0 aromatic heterocycles. The number of carbonyl (C=O) groups is 1. The summed E-state index contributed by atoms with van der Waals surface area (Å²) in [5.74, 6) is -0.0883. The third-order valence-electron chi connectivity index (χ3n) is 4.83. The lowest BCUT2D eigenvalue weighted by atomic mass is 10.1. The van der Waals surface area contributed by atoms with Crippen molar-refractivity contribution in [3.8, 4) is 0 Å². The van der Waals surface area contributed by atoms with Gasteiger partial charge in [0.1, 0.15) is 0 Å². The van der Waals surface area contributed by atoms with E-state index in [0.29, 0.717) is 37.5 Å². The smallest absolute Gasteiger partial charge is 0.243 e. The summed E-state index contributed by atoms with van der Waals surface area (Å²) in [7, 11) is -3.57. The van der Waals surface area contributed by atoms with Crippen LogP contribution in [-0.2, 0) is 14.8 Å². The molecule has 0 bridgehead atoms. The maximum Gasteiger partial charge on any atom is 0.243 e. The molecule has 3 rings (SSSR count). The summed E-state index contributed by atoms with van der Waals surface area (Å²) in [5, 5.41) is 1.90. The Morgan fingerprint density at radius 2 is 1.73 bits per heavy atom. The van der Waals surface area contributed by atoms with Gasteiger partial charge in [0.25, 0.3) is 0 Å². The van der Waals surface area contributed by atoms with Crippen molar-refractivity contribution >= 4 is 26.7 Å². The average Bonchev–Trinajstić information content (AvgIpc) is 2.67. The van der Waals surface area contributed by atoms with Crippen LogP contribution < -0.4 is 5.73 Å². The molecule has 1 unspecified atom stereocenters. The van der Waals surface area contributed by atoms with E-state index in [0.717, 1.165) is 17.2 Å². The highest BCUT2D eigenvalue weighted by Gasteiger charge is 2.31. The second-order valence-electron chi connectivity index (χ2n) is 6.63. The zero-order valence-electron chi connectivity index (χ0n) is 15.0. The van der Waals surface area contributed by atoms with Crippen LogP contribution in [0.4, 0.5) is 0 Å². The van der Waals surface area contributed by atoms with Gasteiger partial charge in [0.2, 0.25) is 15.9 Å². The van der Waals surface area contributed by atoms with Crippen LogP contribution in [0.2, 0.25) is 0 Å². The third-order valence-corrected chi connectivity index (χ3v) is 6.72. The normalized spacial score (nSPS) is 17.4. The molecule has 1 fully saturated rings. The summed E-state index contributed by atoms with van der Waals surface area (Å²) in [6, 6.07) is 12.4. The minimum Gasteiger partial charge on any atom is -0.339 e. The van der Waals surface area contributed by atoms with Gasteiger partial charge in [-0.3, -0.25) is 4.79 Å². The van der Waals surface area contributed by atoms with Crippen LogP contribution in [0, 0.1) is 0 Å². The molecule has 1 aliphatic rings. The van der Waals surface area contributed by atoms with Crippen molar-refractivity contribution in [3.05, 3.63) is 42.5 Å². The van der Waals surface area contributed by atoms with Gasteiger partial charge in [-0.2, -0.15) is 4.31 Å². The van der Waals surface area contributed by atoms with Crippen LogP contribution >= 0.6 is 0 Å². The highest BCUT2D eigenvalue weighted by molar-refractivity contribution is 7.89. The SMILES string of the molecule is CCCC(N)C(=O)N1CCN(S(=O)(=O)c2ccc3ccccc3c2)CC1. The van der Waals surface area contributed by atoms with Crippen LogP contribution in [-0.4, -0.2) is 55.8 Å². The highest BCUT2D eigenvalue weighted by atomic mass is 32.2. The van der Waals surface area contributed by atoms with E-state index in [9.17, 15) is 13.2 Å². The fraction of sp³-hybridized carbons (Fsp3) is 0.421. The summed E-state index contributed by atoms with van der Waals surface area (Å²) < 4.78 is 27.3. The molecule has 2 N–H and O–H groups in total. The molecule has 7 heteroatoms. The van der Waals surface area contributed by atoms with E-state index in [4.69, 9.17) is 5.73 Å². The number of sulfonamides is 1. The van der Waals surface area contributed by atoms with Crippen molar-refractivity contribution in [1.29, 1.82) is 0 Å². The van der Waals surface area contributed by atoms with Crippen LogP contribution in [0.25, 0.3) is 10.8 Å². The maximum absolute atomic E-state index is 12.9. The molecule has 1 saturated heterocycles. The summed E-state index contributed by atoms with van der Waals surface area (Å²) in [5.41, 5.74) is 5.90. The molecule has 1 heterocycles. The van der Waals surface area contributed by atoms with Crippen molar-refractivity contribution in [1.82, 2.24) is 9.21 Å². The number of fused-ring (bicyclic) bond motifs is 1. The van der Waals surface area contributed by atoms with Gasteiger partial charge in [-0.05, 0) is 29.3 Å². The predicted octanol–water partition coefficient (Wildman–Crippen LogP) is 1.80. The zero-order valence-corrected chi connectivity index (χ0v) is 15.8. The average molecular weight is 375 g/mol. The number of amides is 1. The van der Waals surface area contributed by atoms with Gasteiger partial charge in [0, 0.05) is 26.2 Å². The fourth-order valence-electron chi connectivity index (χ4n) is 3.29. The van der Waals surface area contributed by atoms with Gasteiger partial charge < -0.3 is 10.6 Å². The van der Waals surface area contributed by atoms with Crippen LogP contribution in [0.3, 0.4) is 0 Å². The lowest BCUT2D eigenvalue weighted by molar-refractivity contribution is -0.133. The Bertz CT molecular complexity index is 890. The fourth-order valence-corrected chi connectivity index (χ4v) is 4.75. The molecule has 1 aliphatic heterocycles. The molecule has 0 aliphatic carbocycles. The number of hydrogen-bond donors (Lipinski definition) is 1. The first kappa shape index (κ1) is 18.8. The molecule has 26 heavy (non-hydrogen) atoms. The first-order valence-electron chi connectivity index (χ1n) is 8.97. The third kappa shape index (κ3) is 3.75. The minimum atomic E-state index is -3.57. The summed E-state index contributed by atoms with van der Waals surface area (Å²) in [6.07, 6.45) is 1.50. The van der Waals surface area contributed by atoms with E-state index in [2.05, 4.69) is 0 Å². The van der Waals surface area contributed by atoms with Crippen LogP contribution in [0.1, 0.15) is 19.8 Å². The van der Waals surface area contributed by atoms with Crippen molar-refractivity contribution in [2.75, 3.05) is 26.2 Å². The molecule has 2 aromatic rings. The molecule has 0 saturated carbocycles. The lowest BCUT2D eigenvalue weighted by Gasteiger charge is -2.35. The molecule has 2 aromatic carbocycles. The number of nitrogens with zero attached hydrogens (tertiary/aromatic N) is 2. The molecule has 0 spiro atoms. The van der Waals surface area contributed by atoms with E-state index < -0.39 is 16.1 Å². The number of carbonyl (C=O) groups excluding carboxylic acids is 1. The van der Waals surface area contributed by atoms with E-state index in [1.54, 1.807) is 17.0 Å². The van der Waals surface area contributed by atoms with Crippen LogP contribution in [0.15, 0.2) is 47.4 Å². The Labute approximate surface area is 154 Å². The second kappa shape index (κ2) is 7.73. The molecule has 1 amide bonds. The monoisotopic (exact) mass is 375 g/mol. The summed E-state index contributed by atoms with van der Waals surface area (Å²) in [4.78, 5) is 14.3. The van der Waals surface area contributed by atoms with Gasteiger partial charge in [0.05, 0.1) is 10.9 Å². The first-order valence-corrected chi connectivity index (χ1v) is 10.4. The Hall–Kier alpha value is -1.96. The quantitative estimate of drug-likeness (QED) is 0.864. The number of piperazine rings is 1. The first-order chi connectivity index (χ1) is 12.4. The van der Waals surface area contributed by atoms with E-state index in [1.807, 2.05) is 37.3 Å². The van der Waals surface area contributed by atoms with Crippen molar-refractivity contribution in [3.63, 3.8) is 0 Å². The number of benzene rings is 2. The molecule has 0 radical (unpaired) electrons. The summed E-state index contributed by atoms with van der Waals surface area (Å²) in [6.45, 7) is 3.33. The van der Waals surface area contributed by atoms with Crippen molar-refractivity contribution in [2.24, 2.45) is 5.73 Å². The Morgan fingerprint density at radius 3 is 2.38 bits per heavy atom. The number of rotatable bonds is 5. The number of nitrogens with two attached hydrogens (primary N) is 1. The molecule has 1 atom stereocenters. The Kier molecular flexibility index (Phi) is 5.60. The molecule has 140 valence electrons. The zero-order chi connectivity index (χ0) is 18.7. The van der Waals surface area contributed by atoms with Crippen molar-refractivity contribution in [2.45, 2.75) is 30.7 Å². The van der Waals surface area contributed by atoms with Gasteiger partial charge >= 0.3 is 0 Å². The highest BCUT2D eigenvalue weighted by Crippen LogP contribution is 2.23. The minimum absolute atomic E-state index is 0.0883. The molecular formula is C19H25N3O3S. The largest absolute Gasteiger partial charge is 0.339 e. The van der Waals surface area contributed by atoms with Crippen molar-refractivity contribution < 1.29 is 13.2 Å². The lowest BCUT2D eigenvalue weighted by Crippen LogP contribution is -2.54. The maximum atomic E-state index is 12.9. The van der Waals surface area contributed by atoms with Gasteiger partial charge in [-0.15, -0.1) is 0 Å². The Morgan fingerprint density at radius 1 is 1.08 bits per heavy atom. The van der Waals surface area contributed by atoms with E-state index >= 15 is 0 Å². The molecular weight excluding hydrogens is 350 g/mol. The van der Waals surface area contributed by atoms with E-state index in [-0.39, 0.29) is 5.91 Å². The van der Waals surface area contributed by atoms with Crippen LogP contribution in [0.5, 0.6) is 0 Å².